The van der Waals surface area contributed by atoms with Crippen LogP contribution >= 0.6 is 0 Å². The van der Waals surface area contributed by atoms with Gasteiger partial charge in [-0.2, -0.15) is 0 Å². The molecule has 2 N–H and O–H groups in total. The monoisotopic (exact) mass is 288 g/mol. The Balaban J connectivity index is 1.73. The van der Waals surface area contributed by atoms with Gasteiger partial charge >= 0.3 is 0 Å². The second kappa shape index (κ2) is 6.37. The Labute approximate surface area is 128 Å². The quantitative estimate of drug-likeness (QED) is 0.908. The van der Waals surface area contributed by atoms with E-state index in [0.29, 0.717) is 5.92 Å². The molecule has 3 heteroatoms. The van der Waals surface area contributed by atoms with Gasteiger partial charge in [-0.1, -0.05) is 25.0 Å². The van der Waals surface area contributed by atoms with Gasteiger partial charge in [0.05, 0.1) is 6.61 Å². The number of benzene rings is 1. The number of nitrogens with two attached hydrogens (primary N) is 1. The number of ether oxygens (including phenoxy) is 1. The molecule has 0 bridgehead atoms. The van der Waals surface area contributed by atoms with Crippen molar-refractivity contribution in [2.75, 3.05) is 26.2 Å². The van der Waals surface area contributed by atoms with Crippen LogP contribution in [0.15, 0.2) is 12.1 Å². The Kier molecular flexibility index (Phi) is 4.51. The van der Waals surface area contributed by atoms with Gasteiger partial charge in [-0.05, 0) is 50.9 Å². The fourth-order valence-electron chi connectivity index (χ4n) is 3.63. The van der Waals surface area contributed by atoms with Crippen LogP contribution in [0.5, 0.6) is 5.75 Å². The first kappa shape index (κ1) is 14.9. The third kappa shape index (κ3) is 3.09. The van der Waals surface area contributed by atoms with Crippen molar-refractivity contribution < 1.29 is 4.74 Å². The van der Waals surface area contributed by atoms with Crippen molar-refractivity contribution in [1.29, 1.82) is 0 Å². The molecular weight excluding hydrogens is 260 g/mol. The van der Waals surface area contributed by atoms with E-state index in [-0.39, 0.29) is 6.04 Å². The molecule has 0 aromatic heterocycles. The summed E-state index contributed by atoms with van der Waals surface area (Å²) in [6.45, 7) is 8.55. The second-order valence-corrected chi connectivity index (χ2v) is 6.74. The molecule has 2 heterocycles. The zero-order valence-corrected chi connectivity index (χ0v) is 13.4. The van der Waals surface area contributed by atoms with Crippen LogP contribution in [0.4, 0.5) is 0 Å². The van der Waals surface area contributed by atoms with E-state index in [9.17, 15) is 0 Å². The summed E-state index contributed by atoms with van der Waals surface area (Å²) in [7, 11) is 0. The zero-order chi connectivity index (χ0) is 14.8. The van der Waals surface area contributed by atoms with E-state index in [2.05, 4.69) is 30.9 Å². The lowest BCUT2D eigenvalue weighted by molar-refractivity contribution is 0.139. The summed E-state index contributed by atoms with van der Waals surface area (Å²) >= 11 is 0. The smallest absolute Gasteiger partial charge is 0.127 e. The van der Waals surface area contributed by atoms with E-state index >= 15 is 0 Å². The van der Waals surface area contributed by atoms with Crippen LogP contribution < -0.4 is 10.5 Å². The second-order valence-electron chi connectivity index (χ2n) is 6.74. The van der Waals surface area contributed by atoms with Crippen LogP contribution in [0.2, 0.25) is 0 Å². The van der Waals surface area contributed by atoms with Crippen molar-refractivity contribution >= 4 is 0 Å². The van der Waals surface area contributed by atoms with E-state index in [4.69, 9.17) is 10.5 Å². The normalized spacial score (nSPS) is 26.8. The highest BCUT2D eigenvalue weighted by Crippen LogP contribution is 2.37. The maximum absolute atomic E-state index is 6.56. The standard InChI is InChI=1S/C18H28N2O/c1-13-7-8-16-17(19)15(12-21-18(16)14(13)2)11-20-9-5-3-4-6-10-20/h7-8,15,17H,3-6,9-12,19H2,1-2H3. The summed E-state index contributed by atoms with van der Waals surface area (Å²) in [5, 5.41) is 0. The van der Waals surface area contributed by atoms with Crippen molar-refractivity contribution in [3.05, 3.63) is 28.8 Å². The van der Waals surface area contributed by atoms with Gasteiger partial charge in [-0.15, -0.1) is 0 Å². The molecule has 0 saturated carbocycles. The minimum absolute atomic E-state index is 0.108. The number of aryl methyl sites for hydroxylation is 1. The predicted octanol–water partition coefficient (Wildman–Crippen LogP) is 3.19. The Bertz CT molecular complexity index is 492. The van der Waals surface area contributed by atoms with Crippen LogP contribution in [0, 0.1) is 19.8 Å². The van der Waals surface area contributed by atoms with E-state index < -0.39 is 0 Å². The highest BCUT2D eigenvalue weighted by atomic mass is 16.5. The minimum atomic E-state index is 0.108. The molecule has 2 atom stereocenters. The van der Waals surface area contributed by atoms with E-state index in [1.165, 1.54) is 55.5 Å². The van der Waals surface area contributed by atoms with Crippen LogP contribution in [0.3, 0.4) is 0 Å². The van der Waals surface area contributed by atoms with E-state index in [1.54, 1.807) is 0 Å². The molecule has 2 aliphatic heterocycles. The lowest BCUT2D eigenvalue weighted by atomic mass is 9.88. The van der Waals surface area contributed by atoms with Gasteiger partial charge in [0.1, 0.15) is 5.75 Å². The molecule has 1 saturated heterocycles. The molecule has 0 aliphatic carbocycles. The molecule has 116 valence electrons. The fraction of sp³-hybridized carbons (Fsp3) is 0.667. The maximum Gasteiger partial charge on any atom is 0.127 e. The summed E-state index contributed by atoms with van der Waals surface area (Å²) in [4.78, 5) is 2.59. The van der Waals surface area contributed by atoms with Gasteiger partial charge < -0.3 is 15.4 Å². The summed E-state index contributed by atoms with van der Waals surface area (Å²) in [6.07, 6.45) is 5.42. The van der Waals surface area contributed by atoms with Crippen LogP contribution in [-0.2, 0) is 0 Å². The number of hydrogen-bond donors (Lipinski definition) is 1. The third-order valence-electron chi connectivity index (χ3n) is 5.21. The molecule has 1 aromatic carbocycles. The third-order valence-corrected chi connectivity index (χ3v) is 5.21. The van der Waals surface area contributed by atoms with Gasteiger partial charge in [-0.25, -0.2) is 0 Å². The minimum Gasteiger partial charge on any atom is -0.493 e. The highest BCUT2D eigenvalue weighted by Gasteiger charge is 2.30. The molecule has 0 amide bonds. The topological polar surface area (TPSA) is 38.5 Å². The predicted molar refractivity (Wildman–Crippen MR) is 86.7 cm³/mol. The molecule has 3 nitrogen and oxygen atoms in total. The number of hydrogen-bond acceptors (Lipinski definition) is 3. The summed E-state index contributed by atoms with van der Waals surface area (Å²) < 4.78 is 6.08. The molecule has 3 rings (SSSR count). The number of nitrogens with zero attached hydrogens (tertiary/aromatic N) is 1. The first-order chi connectivity index (χ1) is 10.2. The van der Waals surface area contributed by atoms with Crippen molar-refractivity contribution in [2.24, 2.45) is 11.7 Å². The van der Waals surface area contributed by atoms with Crippen molar-refractivity contribution in [3.8, 4) is 5.75 Å². The largest absolute Gasteiger partial charge is 0.493 e. The molecule has 2 unspecified atom stereocenters. The van der Waals surface area contributed by atoms with Crippen LogP contribution in [0.25, 0.3) is 0 Å². The Morgan fingerprint density at radius 1 is 1.14 bits per heavy atom. The molecule has 1 fully saturated rings. The Hall–Kier alpha value is -1.06. The molecule has 21 heavy (non-hydrogen) atoms. The number of likely N-dealkylation sites (tertiary alicyclic amines) is 1. The Morgan fingerprint density at radius 3 is 2.57 bits per heavy atom. The summed E-state index contributed by atoms with van der Waals surface area (Å²) in [5.74, 6) is 1.45. The zero-order valence-electron chi connectivity index (χ0n) is 13.4. The van der Waals surface area contributed by atoms with Crippen molar-refractivity contribution in [3.63, 3.8) is 0 Å². The SMILES string of the molecule is Cc1ccc2c(c1C)OCC(CN1CCCCCC1)C2N. The maximum atomic E-state index is 6.56. The average molecular weight is 288 g/mol. The average Bonchev–Trinajstić information content (AvgIpc) is 2.74. The van der Waals surface area contributed by atoms with Crippen LogP contribution in [0.1, 0.15) is 48.4 Å². The van der Waals surface area contributed by atoms with Gasteiger partial charge in [0, 0.05) is 24.1 Å². The molecule has 2 aliphatic rings. The van der Waals surface area contributed by atoms with Crippen molar-refractivity contribution in [2.45, 2.75) is 45.6 Å². The lowest BCUT2D eigenvalue weighted by Gasteiger charge is -2.35. The molecule has 0 spiro atoms. The first-order valence-corrected chi connectivity index (χ1v) is 8.37. The summed E-state index contributed by atoms with van der Waals surface area (Å²) in [5.41, 5.74) is 10.3. The van der Waals surface area contributed by atoms with E-state index in [1.807, 2.05) is 0 Å². The van der Waals surface area contributed by atoms with Crippen molar-refractivity contribution in [1.82, 2.24) is 4.90 Å². The van der Waals surface area contributed by atoms with Crippen LogP contribution in [-0.4, -0.2) is 31.1 Å². The fourth-order valence-corrected chi connectivity index (χ4v) is 3.63. The molecule has 1 aromatic rings. The highest BCUT2D eigenvalue weighted by molar-refractivity contribution is 5.48. The lowest BCUT2D eigenvalue weighted by Crippen LogP contribution is -2.40. The molecular formula is C18H28N2O. The number of rotatable bonds is 2. The van der Waals surface area contributed by atoms with Gasteiger partial charge in [0.2, 0.25) is 0 Å². The number of fused-ring (bicyclic) bond motifs is 1. The first-order valence-electron chi connectivity index (χ1n) is 8.37. The van der Waals surface area contributed by atoms with Gasteiger partial charge in [0.25, 0.3) is 0 Å². The molecule has 0 radical (unpaired) electrons. The summed E-state index contributed by atoms with van der Waals surface area (Å²) in [6, 6.07) is 4.44. The van der Waals surface area contributed by atoms with Gasteiger partial charge in [0.15, 0.2) is 0 Å². The van der Waals surface area contributed by atoms with Gasteiger partial charge in [-0.3, -0.25) is 0 Å². The Morgan fingerprint density at radius 2 is 1.86 bits per heavy atom. The van der Waals surface area contributed by atoms with E-state index in [0.717, 1.165) is 18.9 Å².